The number of halogens is 2. The van der Waals surface area contributed by atoms with E-state index in [4.69, 9.17) is 4.74 Å². The third-order valence-corrected chi connectivity index (χ3v) is 8.44. The van der Waals surface area contributed by atoms with E-state index < -0.39 is 0 Å². The van der Waals surface area contributed by atoms with Crippen LogP contribution in [0.5, 0.6) is 5.75 Å². The van der Waals surface area contributed by atoms with Crippen LogP contribution in [0.25, 0.3) is 0 Å². The van der Waals surface area contributed by atoms with Crippen molar-refractivity contribution in [3.63, 3.8) is 0 Å². The summed E-state index contributed by atoms with van der Waals surface area (Å²) in [4.78, 5) is 1.97. The molecule has 1 aliphatic heterocycles. The van der Waals surface area contributed by atoms with Crippen LogP contribution >= 0.6 is 33.3 Å². The molecule has 30 heavy (non-hydrogen) atoms. The molecule has 0 aromatic heterocycles. The lowest BCUT2D eigenvalue weighted by molar-refractivity contribution is 0.330. The first-order valence-electron chi connectivity index (χ1n) is 9.43. The van der Waals surface area contributed by atoms with Crippen molar-refractivity contribution >= 4 is 33.3 Å². The van der Waals surface area contributed by atoms with Crippen LogP contribution in [0.15, 0.2) is 81.4 Å². The van der Waals surface area contributed by atoms with E-state index in [1.54, 1.807) is 46.7 Å². The number of rotatable bonds is 5. The van der Waals surface area contributed by atoms with Gasteiger partial charge in [-0.3, -0.25) is 0 Å². The number of thioether (sulfide) groups is 1. The predicted octanol–water partition coefficient (Wildman–Crippen LogP) is 8.13. The number of hydrogen-bond acceptors (Lipinski definition) is 4. The monoisotopic (exact) mass is 458 g/mol. The lowest BCUT2D eigenvalue weighted by Crippen LogP contribution is -2.15. The number of fused-ring (bicyclic) bond motifs is 1. The molecule has 1 unspecified atom stereocenters. The summed E-state index contributed by atoms with van der Waals surface area (Å²) in [5, 5.41) is 1.95. The molecule has 1 atom stereocenters. The van der Waals surface area contributed by atoms with Crippen LogP contribution in [-0.2, 0) is 0 Å². The Labute approximate surface area is 187 Å². The second-order valence-corrected chi connectivity index (χ2v) is 10.4. The molecule has 0 saturated carbocycles. The van der Waals surface area contributed by atoms with E-state index in [0.29, 0.717) is 17.9 Å². The van der Waals surface area contributed by atoms with Crippen LogP contribution in [0.3, 0.4) is 0 Å². The Morgan fingerprint density at radius 2 is 1.70 bits per heavy atom. The molecule has 0 amide bonds. The molecule has 6 heteroatoms. The predicted molar refractivity (Wildman–Crippen MR) is 124 cm³/mol. The van der Waals surface area contributed by atoms with E-state index in [1.807, 2.05) is 11.5 Å². The zero-order valence-electron chi connectivity index (χ0n) is 16.5. The summed E-state index contributed by atoms with van der Waals surface area (Å²) >= 11 is 1.46. The lowest BCUT2D eigenvalue weighted by Gasteiger charge is -2.28. The van der Waals surface area contributed by atoms with E-state index in [2.05, 4.69) is 31.2 Å². The zero-order valence-corrected chi connectivity index (χ0v) is 19.0. The minimum Gasteiger partial charge on any atom is -0.489 e. The van der Waals surface area contributed by atoms with Crippen LogP contribution in [0.2, 0.25) is 0 Å². The highest BCUT2D eigenvalue weighted by Gasteiger charge is 2.27. The Morgan fingerprint density at radius 1 is 0.933 bits per heavy atom. The fourth-order valence-electron chi connectivity index (χ4n) is 2.99. The molecular formula is C24H20F2OS3. The molecule has 0 radical (unpaired) electrons. The van der Waals surface area contributed by atoms with Crippen LogP contribution in [0.1, 0.15) is 21.9 Å². The molecule has 0 saturated heterocycles. The van der Waals surface area contributed by atoms with Crippen molar-refractivity contribution in [2.75, 3.05) is 6.61 Å². The van der Waals surface area contributed by atoms with Crippen molar-refractivity contribution in [3.05, 3.63) is 100.0 Å². The Hall–Kier alpha value is -1.89. The van der Waals surface area contributed by atoms with Crippen LogP contribution < -0.4 is 4.74 Å². The van der Waals surface area contributed by atoms with Crippen LogP contribution in [0.4, 0.5) is 8.78 Å². The molecular weight excluding hydrogens is 438 g/mol. The van der Waals surface area contributed by atoms with E-state index >= 15 is 0 Å². The topological polar surface area (TPSA) is 9.23 Å². The van der Waals surface area contributed by atoms with Gasteiger partial charge in [0.25, 0.3) is 0 Å². The van der Waals surface area contributed by atoms with Gasteiger partial charge in [0.05, 0.1) is 5.25 Å². The molecule has 0 N–H and O–H groups in total. The molecule has 1 heterocycles. The van der Waals surface area contributed by atoms with Crippen molar-refractivity contribution in [2.24, 2.45) is 0 Å². The number of ether oxygens (including phenoxy) is 1. The lowest BCUT2D eigenvalue weighted by atomic mass is 10.0. The summed E-state index contributed by atoms with van der Waals surface area (Å²) in [6.07, 6.45) is 0. The molecule has 3 aromatic carbocycles. The maximum atomic E-state index is 14.0. The first kappa shape index (κ1) is 21.3. The zero-order chi connectivity index (χ0) is 21.1. The average Bonchev–Trinajstić information content (AvgIpc) is 2.74. The molecule has 0 bridgehead atoms. The summed E-state index contributed by atoms with van der Waals surface area (Å²) < 4.78 is 33.8. The van der Waals surface area contributed by atoms with Crippen molar-refractivity contribution in [2.45, 2.75) is 28.9 Å². The number of aryl methyl sites for hydroxylation is 2. The molecule has 0 spiro atoms. The molecule has 1 aliphatic rings. The largest absolute Gasteiger partial charge is 0.489 e. The van der Waals surface area contributed by atoms with Crippen molar-refractivity contribution in [1.82, 2.24) is 0 Å². The number of benzene rings is 3. The molecule has 0 fully saturated rings. The summed E-state index contributed by atoms with van der Waals surface area (Å²) in [5.41, 5.74) is 3.70. The fourth-order valence-corrected chi connectivity index (χ4v) is 6.52. The molecule has 154 valence electrons. The highest BCUT2D eigenvalue weighted by Crippen LogP contribution is 2.51. The number of hydrogen-bond donors (Lipinski definition) is 0. The first-order valence-corrected chi connectivity index (χ1v) is 12.5. The van der Waals surface area contributed by atoms with Gasteiger partial charge in [-0.25, -0.2) is 8.78 Å². The third kappa shape index (κ3) is 5.05. The maximum absolute atomic E-state index is 14.0. The van der Waals surface area contributed by atoms with Crippen molar-refractivity contribution < 1.29 is 13.5 Å². The van der Waals surface area contributed by atoms with Gasteiger partial charge < -0.3 is 4.74 Å². The second-order valence-electron chi connectivity index (χ2n) is 7.07. The molecule has 4 rings (SSSR count). The van der Waals surface area contributed by atoms with E-state index in [9.17, 15) is 8.78 Å². The van der Waals surface area contributed by atoms with Crippen LogP contribution in [-0.4, -0.2) is 6.61 Å². The highest BCUT2D eigenvalue weighted by atomic mass is 33.1. The molecule has 0 aliphatic carbocycles. The van der Waals surface area contributed by atoms with Crippen molar-refractivity contribution in [3.8, 4) is 5.75 Å². The smallest absolute Gasteiger partial charge is 0.127 e. The molecule has 3 aromatic rings. The van der Waals surface area contributed by atoms with E-state index in [0.717, 1.165) is 20.9 Å². The minimum atomic E-state index is -0.280. The van der Waals surface area contributed by atoms with Gasteiger partial charge in [0.2, 0.25) is 0 Å². The van der Waals surface area contributed by atoms with Gasteiger partial charge in [-0.15, -0.1) is 0 Å². The van der Waals surface area contributed by atoms with Crippen molar-refractivity contribution in [1.29, 1.82) is 0 Å². The normalized spacial score (nSPS) is 16.9. The fraction of sp³-hybridized carbons (Fsp3) is 0.167. The molecule has 1 nitrogen and oxygen atoms in total. The van der Waals surface area contributed by atoms with Gasteiger partial charge in [-0.1, -0.05) is 57.1 Å². The highest BCUT2D eigenvalue weighted by molar-refractivity contribution is 8.76. The first-order chi connectivity index (χ1) is 14.5. The Balaban J connectivity index is 1.60. The Kier molecular flexibility index (Phi) is 6.76. The van der Waals surface area contributed by atoms with Crippen LogP contribution in [0, 0.1) is 25.5 Å². The SMILES string of the molecule is Cc1ccc(SSC2/C(=C/Sc3ccc(C)c(F)c3)COc3ccc(F)cc32)cc1. The van der Waals surface area contributed by atoms with Gasteiger partial charge in [0.1, 0.15) is 24.0 Å². The quantitative estimate of drug-likeness (QED) is 0.282. The standard InChI is InChI=1S/C24H20F2OS3/c1-15-3-7-19(8-4-15)29-30-24-17(13-27-23-10-6-18(25)11-21(23)24)14-28-20-9-5-16(2)22(26)12-20/h3-12,14,24H,13H2,1-2H3/b17-14+. The minimum absolute atomic E-state index is 0.0569. The van der Waals surface area contributed by atoms with E-state index in [-0.39, 0.29) is 16.9 Å². The maximum Gasteiger partial charge on any atom is 0.127 e. The van der Waals surface area contributed by atoms with Gasteiger partial charge >= 0.3 is 0 Å². The van der Waals surface area contributed by atoms with Gasteiger partial charge in [-0.05, 0) is 72.9 Å². The van der Waals surface area contributed by atoms with Gasteiger partial charge in [0.15, 0.2) is 0 Å². The Bertz CT molecular complexity index is 1080. The summed E-state index contributed by atoms with van der Waals surface area (Å²) in [6.45, 7) is 4.23. The summed E-state index contributed by atoms with van der Waals surface area (Å²) in [7, 11) is 3.33. The third-order valence-electron chi connectivity index (χ3n) is 4.74. The summed E-state index contributed by atoms with van der Waals surface area (Å²) in [5.74, 6) is 0.214. The van der Waals surface area contributed by atoms with Gasteiger partial charge in [0, 0.05) is 15.4 Å². The second kappa shape index (κ2) is 9.50. The summed E-state index contributed by atoms with van der Waals surface area (Å²) in [6, 6.07) is 18.2. The Morgan fingerprint density at radius 3 is 2.47 bits per heavy atom. The van der Waals surface area contributed by atoms with Gasteiger partial charge in [-0.2, -0.15) is 0 Å². The average molecular weight is 459 g/mol. The van der Waals surface area contributed by atoms with E-state index in [1.165, 1.54) is 29.5 Å².